The van der Waals surface area contributed by atoms with Crippen molar-refractivity contribution < 1.29 is 42.6 Å². The highest BCUT2D eigenvalue weighted by molar-refractivity contribution is 7.53. The van der Waals surface area contributed by atoms with Crippen molar-refractivity contribution in [2.24, 2.45) is 0 Å². The SMILES string of the molecule is CCCCCCCCCCCCCCCC=CC(=O)OCC(O)COP(=O)(O)C(C[N+](C)(C)C)OC(=O)C=CCCCCCCCCCCCCCCC. The molecule has 0 fully saturated rings. The number of unbranched alkanes of at least 4 members (excludes halogenated alkanes) is 26. The normalized spacial score (nSPS) is 14.4. The molecule has 0 aliphatic carbocycles. The lowest BCUT2D eigenvalue weighted by molar-refractivity contribution is -0.871. The number of hydrogen-bond donors (Lipinski definition) is 2. The lowest BCUT2D eigenvalue weighted by atomic mass is 10.0. The van der Waals surface area contributed by atoms with Gasteiger partial charge in [0.25, 0.3) is 5.85 Å². The van der Waals surface area contributed by atoms with Crippen LogP contribution >= 0.6 is 7.60 Å². The van der Waals surface area contributed by atoms with E-state index in [9.17, 15) is 24.2 Å². The molecule has 318 valence electrons. The van der Waals surface area contributed by atoms with Gasteiger partial charge in [-0.3, -0.25) is 4.57 Å². The Hall–Kier alpha value is -1.51. The molecule has 0 aromatic heterocycles. The summed E-state index contributed by atoms with van der Waals surface area (Å²) in [6, 6.07) is 0. The van der Waals surface area contributed by atoms with Crippen LogP contribution in [0.15, 0.2) is 24.3 Å². The molecule has 2 N–H and O–H groups in total. The number of carbonyl (C=O) groups excluding carboxylic acids is 2. The zero-order valence-electron chi connectivity index (χ0n) is 35.6. The first kappa shape index (κ1) is 52.5. The summed E-state index contributed by atoms with van der Waals surface area (Å²) in [4.78, 5) is 35.4. The second-order valence-corrected chi connectivity index (χ2v) is 18.3. The zero-order chi connectivity index (χ0) is 40.2. The third-order valence-electron chi connectivity index (χ3n) is 9.65. The molecule has 0 aromatic carbocycles. The topological polar surface area (TPSA) is 119 Å². The summed E-state index contributed by atoms with van der Waals surface area (Å²) in [6.45, 7) is 3.60. The Bertz CT molecular complexity index is 996. The van der Waals surface area contributed by atoms with E-state index in [2.05, 4.69) is 13.8 Å². The number of rotatable bonds is 39. The van der Waals surface area contributed by atoms with Gasteiger partial charge in [0.15, 0.2) is 0 Å². The Morgan fingerprint density at radius 3 is 1.30 bits per heavy atom. The Kier molecular flexibility index (Phi) is 34.9. The Morgan fingerprint density at radius 1 is 0.574 bits per heavy atom. The number of quaternary nitrogens is 1. The number of aliphatic hydroxyl groups is 1. The second-order valence-electron chi connectivity index (χ2n) is 16.4. The van der Waals surface area contributed by atoms with Crippen LogP contribution in [0.1, 0.15) is 194 Å². The van der Waals surface area contributed by atoms with Gasteiger partial charge in [-0.05, 0) is 25.7 Å². The highest BCUT2D eigenvalue weighted by Gasteiger charge is 2.40. The van der Waals surface area contributed by atoms with Crippen LogP contribution < -0.4 is 0 Å². The molecule has 0 bridgehead atoms. The number of allylic oxidation sites excluding steroid dienone is 2. The molecule has 3 atom stereocenters. The molecule has 0 spiro atoms. The summed E-state index contributed by atoms with van der Waals surface area (Å²) >= 11 is 0. The van der Waals surface area contributed by atoms with Crippen molar-refractivity contribution in [2.75, 3.05) is 40.9 Å². The van der Waals surface area contributed by atoms with E-state index in [0.29, 0.717) is 0 Å². The van der Waals surface area contributed by atoms with E-state index in [0.717, 1.165) is 38.5 Å². The van der Waals surface area contributed by atoms with Crippen LogP contribution in [0.2, 0.25) is 0 Å². The lowest BCUT2D eigenvalue weighted by Gasteiger charge is -2.30. The van der Waals surface area contributed by atoms with Gasteiger partial charge < -0.3 is 28.5 Å². The van der Waals surface area contributed by atoms with Crippen molar-refractivity contribution in [3.63, 3.8) is 0 Å². The number of likely N-dealkylation sites (N-methyl/N-ethyl adjacent to an activating group) is 1. The molecule has 0 saturated carbocycles. The number of ether oxygens (including phenoxy) is 2. The minimum absolute atomic E-state index is 0.0291. The summed E-state index contributed by atoms with van der Waals surface area (Å²) in [7, 11) is 0.952. The zero-order valence-corrected chi connectivity index (χ0v) is 36.5. The van der Waals surface area contributed by atoms with Gasteiger partial charge in [-0.15, -0.1) is 0 Å². The van der Waals surface area contributed by atoms with Crippen LogP contribution in [-0.4, -0.2) is 79.3 Å². The third kappa shape index (κ3) is 36.1. The van der Waals surface area contributed by atoms with Crippen molar-refractivity contribution in [3.8, 4) is 0 Å². The van der Waals surface area contributed by atoms with Crippen LogP contribution in [0.3, 0.4) is 0 Å². The molecular weight excluding hydrogens is 701 g/mol. The van der Waals surface area contributed by atoms with E-state index in [-0.39, 0.29) is 17.6 Å². The average molecular weight is 787 g/mol. The van der Waals surface area contributed by atoms with Gasteiger partial charge in [0.05, 0.1) is 27.7 Å². The monoisotopic (exact) mass is 787 g/mol. The van der Waals surface area contributed by atoms with Crippen LogP contribution in [0.25, 0.3) is 0 Å². The molecule has 0 aromatic rings. The maximum atomic E-state index is 13.1. The van der Waals surface area contributed by atoms with Gasteiger partial charge in [-0.25, -0.2) is 9.59 Å². The van der Waals surface area contributed by atoms with Crippen molar-refractivity contribution in [1.82, 2.24) is 0 Å². The minimum Gasteiger partial charge on any atom is -0.460 e. The van der Waals surface area contributed by atoms with Gasteiger partial charge in [0.1, 0.15) is 19.3 Å². The molecule has 0 rings (SSSR count). The standard InChI is InChI=1S/C44H84NO8P/c1-6-8-10-12-14-16-18-20-22-24-26-28-30-32-34-36-42(47)51-39-41(46)40-52-54(49,50)44(38-45(3,4)5)53-43(48)37-35-33-31-29-27-25-23-21-19-17-15-13-11-9-7-2/h34-37,41,44,46H,6-33,38-40H2,1-5H3/p+1. The van der Waals surface area contributed by atoms with E-state index in [1.54, 1.807) is 12.2 Å². The minimum atomic E-state index is -4.48. The second kappa shape index (κ2) is 35.9. The maximum Gasteiger partial charge on any atom is 0.374 e. The average Bonchev–Trinajstić information content (AvgIpc) is 3.12. The summed E-state index contributed by atoms with van der Waals surface area (Å²) in [6.07, 6.45) is 39.7. The number of nitrogens with zero attached hydrogens (tertiary/aromatic N) is 1. The first-order chi connectivity index (χ1) is 25.9. The van der Waals surface area contributed by atoms with Gasteiger partial charge in [-0.2, -0.15) is 0 Å². The summed E-state index contributed by atoms with van der Waals surface area (Å²) < 4.78 is 29.1. The van der Waals surface area contributed by atoms with Gasteiger partial charge in [-0.1, -0.05) is 180 Å². The summed E-state index contributed by atoms with van der Waals surface area (Å²) in [5, 5.41) is 10.3. The lowest BCUT2D eigenvalue weighted by Crippen LogP contribution is -2.43. The van der Waals surface area contributed by atoms with Crippen molar-refractivity contribution >= 4 is 19.5 Å². The van der Waals surface area contributed by atoms with E-state index in [4.69, 9.17) is 14.0 Å². The smallest absolute Gasteiger partial charge is 0.374 e. The first-order valence-corrected chi connectivity index (χ1v) is 23.7. The van der Waals surface area contributed by atoms with Crippen molar-refractivity contribution in [1.29, 1.82) is 0 Å². The Balaban J connectivity index is 4.23. The molecule has 0 heterocycles. The molecule has 3 unspecified atom stereocenters. The summed E-state index contributed by atoms with van der Waals surface area (Å²) in [5.41, 5.74) is 0. The Morgan fingerprint density at radius 2 is 0.926 bits per heavy atom. The number of aliphatic hydroxyl groups excluding tert-OH is 1. The maximum absolute atomic E-state index is 13.1. The highest BCUT2D eigenvalue weighted by Crippen LogP contribution is 2.48. The first-order valence-electron chi connectivity index (χ1n) is 22.1. The van der Waals surface area contributed by atoms with Crippen molar-refractivity contribution in [2.45, 2.75) is 206 Å². The molecule has 0 aliphatic rings. The molecule has 9 nitrogen and oxygen atoms in total. The molecule has 0 amide bonds. The van der Waals surface area contributed by atoms with Crippen LogP contribution in [0.4, 0.5) is 0 Å². The largest absolute Gasteiger partial charge is 0.460 e. The molecule has 0 aliphatic heterocycles. The fourth-order valence-electron chi connectivity index (χ4n) is 6.32. The number of carbonyl (C=O) groups is 2. The van der Waals surface area contributed by atoms with Gasteiger partial charge in [0, 0.05) is 12.2 Å². The van der Waals surface area contributed by atoms with E-state index >= 15 is 0 Å². The van der Waals surface area contributed by atoms with Crippen LogP contribution in [0.5, 0.6) is 0 Å². The molecule has 10 heteroatoms. The van der Waals surface area contributed by atoms with Crippen LogP contribution in [0, 0.1) is 0 Å². The predicted octanol–water partition coefficient (Wildman–Crippen LogP) is 11.7. The number of esters is 2. The van der Waals surface area contributed by atoms with E-state index in [1.165, 1.54) is 153 Å². The van der Waals surface area contributed by atoms with Gasteiger partial charge >= 0.3 is 19.5 Å². The molecule has 0 radical (unpaired) electrons. The fourth-order valence-corrected chi connectivity index (χ4v) is 7.80. The quantitative estimate of drug-likeness (QED) is 0.0208. The molecule has 54 heavy (non-hydrogen) atoms. The summed E-state index contributed by atoms with van der Waals surface area (Å²) in [5.74, 6) is -2.71. The predicted molar refractivity (Wildman–Crippen MR) is 224 cm³/mol. The van der Waals surface area contributed by atoms with Gasteiger partial charge in [0.2, 0.25) is 0 Å². The third-order valence-corrected chi connectivity index (χ3v) is 11.2. The molecule has 0 saturated heterocycles. The number of hydrogen-bond acceptors (Lipinski definition) is 7. The van der Waals surface area contributed by atoms with Crippen molar-refractivity contribution in [3.05, 3.63) is 24.3 Å². The van der Waals surface area contributed by atoms with E-state index < -0.39 is 38.1 Å². The fraction of sp³-hybridized carbons (Fsp3) is 0.864. The molecular formula is C44H85NO8P+. The Labute approximate surface area is 332 Å². The highest BCUT2D eigenvalue weighted by atomic mass is 31.2. The van der Waals surface area contributed by atoms with E-state index in [1.807, 2.05) is 21.1 Å². The van der Waals surface area contributed by atoms with Crippen LogP contribution in [-0.2, 0) is 28.2 Å².